The number of anilines is 1. The van der Waals surface area contributed by atoms with Gasteiger partial charge in [-0.2, -0.15) is 0 Å². The van der Waals surface area contributed by atoms with Crippen molar-refractivity contribution in [2.45, 2.75) is 25.3 Å². The molecule has 1 aromatic carbocycles. The monoisotopic (exact) mass is 210 g/mol. The standard InChI is InChI=1S/C11H15FN2O/c12-8-4-3-7(11(15)10(8)14)9(13)5-6-1-2-6/h3-4,6,9,15H,1-2,5,13-14H2/t9-/m1/s1. The Morgan fingerprint density at radius 3 is 2.73 bits per heavy atom. The number of phenols is 1. The van der Waals surface area contributed by atoms with Crippen LogP contribution in [0.2, 0.25) is 0 Å². The number of nitrogens with two attached hydrogens (primary N) is 2. The highest BCUT2D eigenvalue weighted by atomic mass is 19.1. The lowest BCUT2D eigenvalue weighted by Crippen LogP contribution is -2.12. The third kappa shape index (κ3) is 2.04. The molecule has 1 fully saturated rings. The number of halogens is 1. The minimum absolute atomic E-state index is 0.205. The molecule has 15 heavy (non-hydrogen) atoms. The minimum atomic E-state index is -0.602. The number of hydrogen-bond donors (Lipinski definition) is 3. The van der Waals surface area contributed by atoms with E-state index in [4.69, 9.17) is 11.5 Å². The van der Waals surface area contributed by atoms with Crippen LogP contribution in [0, 0.1) is 11.7 Å². The molecule has 0 aliphatic heterocycles. The average Bonchev–Trinajstić information content (AvgIpc) is 2.98. The SMILES string of the molecule is Nc1c(F)ccc([C@H](N)CC2CC2)c1O. The summed E-state index contributed by atoms with van der Waals surface area (Å²) in [6.45, 7) is 0. The predicted octanol–water partition coefficient (Wildman–Crippen LogP) is 1.91. The lowest BCUT2D eigenvalue weighted by atomic mass is 10.0. The van der Waals surface area contributed by atoms with Crippen LogP contribution in [-0.2, 0) is 0 Å². The zero-order valence-electron chi connectivity index (χ0n) is 8.41. The summed E-state index contributed by atoms with van der Waals surface area (Å²) in [5, 5.41) is 9.64. The normalized spacial score (nSPS) is 17.7. The van der Waals surface area contributed by atoms with Gasteiger partial charge in [0.1, 0.15) is 17.3 Å². The van der Waals surface area contributed by atoms with Crippen LogP contribution >= 0.6 is 0 Å². The number of aromatic hydroxyl groups is 1. The molecule has 3 nitrogen and oxygen atoms in total. The number of nitrogen functional groups attached to an aromatic ring is 1. The van der Waals surface area contributed by atoms with Gasteiger partial charge in [-0.15, -0.1) is 0 Å². The zero-order chi connectivity index (χ0) is 11.0. The summed E-state index contributed by atoms with van der Waals surface area (Å²) >= 11 is 0. The van der Waals surface area contributed by atoms with Gasteiger partial charge < -0.3 is 16.6 Å². The van der Waals surface area contributed by atoms with Gasteiger partial charge in [0.25, 0.3) is 0 Å². The maximum absolute atomic E-state index is 13.0. The van der Waals surface area contributed by atoms with Gasteiger partial charge in [-0.25, -0.2) is 4.39 Å². The maximum atomic E-state index is 13.0. The Bertz CT molecular complexity index is 377. The fourth-order valence-electron chi connectivity index (χ4n) is 1.74. The zero-order valence-corrected chi connectivity index (χ0v) is 8.41. The van der Waals surface area contributed by atoms with Crippen molar-refractivity contribution in [1.29, 1.82) is 0 Å². The Morgan fingerprint density at radius 2 is 2.13 bits per heavy atom. The molecule has 0 spiro atoms. The molecule has 4 heteroatoms. The molecular weight excluding hydrogens is 195 g/mol. The molecule has 0 aromatic heterocycles. The first-order valence-electron chi connectivity index (χ1n) is 5.12. The molecular formula is C11H15FN2O. The van der Waals surface area contributed by atoms with E-state index in [1.54, 1.807) is 0 Å². The maximum Gasteiger partial charge on any atom is 0.149 e. The van der Waals surface area contributed by atoms with E-state index in [0.29, 0.717) is 11.5 Å². The second-order valence-corrected chi connectivity index (χ2v) is 4.18. The molecule has 0 radical (unpaired) electrons. The fourth-order valence-corrected chi connectivity index (χ4v) is 1.74. The smallest absolute Gasteiger partial charge is 0.149 e. The summed E-state index contributed by atoms with van der Waals surface area (Å²) in [6.07, 6.45) is 3.23. The Balaban J connectivity index is 2.22. The quantitative estimate of drug-likeness (QED) is 0.527. The van der Waals surface area contributed by atoms with Gasteiger partial charge >= 0.3 is 0 Å². The van der Waals surface area contributed by atoms with E-state index >= 15 is 0 Å². The Kier molecular flexibility index (Phi) is 2.52. The summed E-state index contributed by atoms with van der Waals surface area (Å²) in [4.78, 5) is 0. The Morgan fingerprint density at radius 1 is 1.47 bits per heavy atom. The first kappa shape index (κ1) is 10.2. The topological polar surface area (TPSA) is 72.3 Å². The molecule has 2 rings (SSSR count). The van der Waals surface area contributed by atoms with E-state index < -0.39 is 5.82 Å². The summed E-state index contributed by atoms with van der Waals surface area (Å²) < 4.78 is 13.0. The molecule has 0 unspecified atom stereocenters. The minimum Gasteiger partial charge on any atom is -0.505 e. The lowest BCUT2D eigenvalue weighted by molar-refractivity contribution is 0.453. The van der Waals surface area contributed by atoms with E-state index in [0.717, 1.165) is 6.42 Å². The number of rotatable bonds is 3. The summed E-state index contributed by atoms with van der Waals surface area (Å²) in [5.74, 6) is -0.149. The first-order valence-corrected chi connectivity index (χ1v) is 5.12. The van der Waals surface area contributed by atoms with E-state index in [1.807, 2.05) is 0 Å². The largest absolute Gasteiger partial charge is 0.505 e. The van der Waals surface area contributed by atoms with E-state index in [1.165, 1.54) is 25.0 Å². The van der Waals surface area contributed by atoms with Crippen molar-refractivity contribution < 1.29 is 9.50 Å². The molecule has 1 saturated carbocycles. The molecule has 0 amide bonds. The predicted molar refractivity (Wildman–Crippen MR) is 56.7 cm³/mol. The van der Waals surface area contributed by atoms with Crippen LogP contribution < -0.4 is 11.5 Å². The molecule has 1 aromatic rings. The number of benzene rings is 1. The van der Waals surface area contributed by atoms with E-state index in [2.05, 4.69) is 0 Å². The van der Waals surface area contributed by atoms with Crippen LogP contribution in [0.5, 0.6) is 5.75 Å². The van der Waals surface area contributed by atoms with Crippen LogP contribution in [0.25, 0.3) is 0 Å². The van der Waals surface area contributed by atoms with Crippen LogP contribution in [0.15, 0.2) is 12.1 Å². The Labute approximate surface area is 87.9 Å². The van der Waals surface area contributed by atoms with Crippen LogP contribution in [0.4, 0.5) is 10.1 Å². The van der Waals surface area contributed by atoms with Crippen molar-refractivity contribution in [3.8, 4) is 5.75 Å². The molecule has 1 aliphatic rings. The van der Waals surface area contributed by atoms with Crippen molar-refractivity contribution in [1.82, 2.24) is 0 Å². The highest BCUT2D eigenvalue weighted by Crippen LogP contribution is 2.40. The Hall–Kier alpha value is -1.29. The summed E-state index contributed by atoms with van der Waals surface area (Å²) in [6, 6.07) is 2.51. The van der Waals surface area contributed by atoms with Crippen LogP contribution in [0.1, 0.15) is 30.9 Å². The van der Waals surface area contributed by atoms with Crippen LogP contribution in [0.3, 0.4) is 0 Å². The highest BCUT2D eigenvalue weighted by molar-refractivity contribution is 5.57. The first-order chi connectivity index (χ1) is 7.09. The van der Waals surface area contributed by atoms with Gasteiger partial charge in [0, 0.05) is 11.6 Å². The van der Waals surface area contributed by atoms with Crippen molar-refractivity contribution in [2.75, 3.05) is 5.73 Å². The van der Waals surface area contributed by atoms with Crippen molar-refractivity contribution in [2.24, 2.45) is 11.7 Å². The van der Waals surface area contributed by atoms with E-state index in [9.17, 15) is 9.50 Å². The molecule has 0 saturated heterocycles. The molecule has 5 N–H and O–H groups in total. The van der Waals surface area contributed by atoms with Gasteiger partial charge in [0.05, 0.1) is 0 Å². The van der Waals surface area contributed by atoms with Gasteiger partial charge in [-0.3, -0.25) is 0 Å². The lowest BCUT2D eigenvalue weighted by Gasteiger charge is -2.14. The van der Waals surface area contributed by atoms with Crippen molar-refractivity contribution in [3.63, 3.8) is 0 Å². The van der Waals surface area contributed by atoms with Crippen molar-refractivity contribution >= 4 is 5.69 Å². The molecule has 82 valence electrons. The molecule has 1 aliphatic carbocycles. The molecule has 0 bridgehead atoms. The second kappa shape index (κ2) is 3.70. The fraction of sp³-hybridized carbons (Fsp3) is 0.455. The third-order valence-corrected chi connectivity index (χ3v) is 2.88. The summed E-state index contributed by atoms with van der Waals surface area (Å²) in [5.41, 5.74) is 11.6. The second-order valence-electron chi connectivity index (χ2n) is 4.18. The van der Waals surface area contributed by atoms with Crippen LogP contribution in [-0.4, -0.2) is 5.11 Å². The third-order valence-electron chi connectivity index (χ3n) is 2.88. The van der Waals surface area contributed by atoms with E-state index in [-0.39, 0.29) is 17.5 Å². The average molecular weight is 210 g/mol. The van der Waals surface area contributed by atoms with Gasteiger partial charge in [0.15, 0.2) is 0 Å². The van der Waals surface area contributed by atoms with Gasteiger partial charge in [-0.1, -0.05) is 18.9 Å². The number of phenolic OH excluding ortho intramolecular Hbond substituents is 1. The van der Waals surface area contributed by atoms with Gasteiger partial charge in [-0.05, 0) is 18.4 Å². The molecule has 1 atom stereocenters. The highest BCUT2D eigenvalue weighted by Gasteiger charge is 2.26. The number of hydrogen-bond acceptors (Lipinski definition) is 3. The van der Waals surface area contributed by atoms with Crippen molar-refractivity contribution in [3.05, 3.63) is 23.5 Å². The summed E-state index contributed by atoms with van der Waals surface area (Å²) in [7, 11) is 0. The van der Waals surface area contributed by atoms with Gasteiger partial charge in [0.2, 0.25) is 0 Å². The molecule has 0 heterocycles.